The van der Waals surface area contributed by atoms with Gasteiger partial charge in [-0.1, -0.05) is 30.3 Å². The molecule has 3 aromatic carbocycles. The standard InChI is InChI=1S/C24H14F6O8S2/c25-23(26,27)39(31,32)37-14-7-9-17-19(10-14)35-12-18-16-8-6-15(38-40(33,34)24(28,29)30)11-20(16)36-22(21(17)18)13-4-2-1-3-5-13/h1-11,22H,12H2. The maximum absolute atomic E-state index is 12.8. The van der Waals surface area contributed by atoms with Crippen LogP contribution < -0.4 is 17.8 Å². The van der Waals surface area contributed by atoms with Crippen LogP contribution in [0.15, 0.2) is 66.7 Å². The number of hydrogen-bond acceptors (Lipinski definition) is 8. The van der Waals surface area contributed by atoms with E-state index in [9.17, 15) is 43.2 Å². The zero-order chi connectivity index (χ0) is 29.1. The number of ether oxygens (including phenoxy) is 2. The fourth-order valence-corrected chi connectivity index (χ4v) is 5.01. The number of halogens is 6. The second-order valence-electron chi connectivity index (χ2n) is 8.37. The minimum absolute atomic E-state index is 0.0159. The second kappa shape index (κ2) is 9.33. The molecule has 2 aliphatic rings. The van der Waals surface area contributed by atoms with Crippen LogP contribution >= 0.6 is 0 Å². The Hall–Kier alpha value is -3.92. The molecule has 40 heavy (non-hydrogen) atoms. The predicted molar refractivity (Wildman–Crippen MR) is 126 cm³/mol. The molecule has 2 heterocycles. The topological polar surface area (TPSA) is 105 Å². The molecule has 3 aromatic rings. The van der Waals surface area contributed by atoms with Crippen molar-refractivity contribution in [3.05, 3.63) is 83.4 Å². The molecule has 0 aromatic heterocycles. The van der Waals surface area contributed by atoms with E-state index in [-0.39, 0.29) is 18.1 Å². The first-order valence-electron chi connectivity index (χ1n) is 11.0. The van der Waals surface area contributed by atoms with E-state index >= 15 is 0 Å². The summed E-state index contributed by atoms with van der Waals surface area (Å²) < 4.78 is 143. The molecule has 8 nitrogen and oxygen atoms in total. The summed E-state index contributed by atoms with van der Waals surface area (Å²) in [5.74, 6) is -1.35. The maximum atomic E-state index is 12.8. The Morgan fingerprint density at radius 1 is 0.700 bits per heavy atom. The van der Waals surface area contributed by atoms with Crippen molar-refractivity contribution in [2.24, 2.45) is 0 Å². The number of fused-ring (bicyclic) bond motifs is 4. The van der Waals surface area contributed by atoms with Crippen molar-refractivity contribution in [2.75, 3.05) is 6.61 Å². The molecule has 1 unspecified atom stereocenters. The predicted octanol–water partition coefficient (Wildman–Crippen LogP) is 5.58. The van der Waals surface area contributed by atoms with E-state index in [2.05, 4.69) is 8.37 Å². The van der Waals surface area contributed by atoms with Gasteiger partial charge < -0.3 is 17.8 Å². The summed E-state index contributed by atoms with van der Waals surface area (Å²) in [4.78, 5) is 0. The Kier molecular flexibility index (Phi) is 6.45. The molecule has 1 atom stereocenters. The van der Waals surface area contributed by atoms with Crippen LogP contribution in [0, 0.1) is 0 Å². The highest BCUT2D eigenvalue weighted by molar-refractivity contribution is 7.88. The first-order valence-corrected chi connectivity index (χ1v) is 13.8. The fourth-order valence-electron chi connectivity index (χ4n) is 4.11. The lowest BCUT2D eigenvalue weighted by atomic mass is 9.84. The van der Waals surface area contributed by atoms with Gasteiger partial charge in [-0.15, -0.1) is 0 Å². The van der Waals surface area contributed by atoms with Gasteiger partial charge in [0.1, 0.15) is 29.6 Å². The van der Waals surface area contributed by atoms with Crippen molar-refractivity contribution in [1.82, 2.24) is 0 Å². The lowest BCUT2D eigenvalue weighted by Gasteiger charge is -2.35. The zero-order valence-electron chi connectivity index (χ0n) is 19.5. The maximum Gasteiger partial charge on any atom is 0.534 e. The average molecular weight is 608 g/mol. The summed E-state index contributed by atoms with van der Waals surface area (Å²) in [6, 6.07) is 14.9. The van der Waals surface area contributed by atoms with Gasteiger partial charge in [-0.05, 0) is 29.8 Å². The Labute approximate surface area is 222 Å². The van der Waals surface area contributed by atoms with E-state index in [1.807, 2.05) is 0 Å². The van der Waals surface area contributed by atoms with Crippen molar-refractivity contribution >= 4 is 31.4 Å². The highest BCUT2D eigenvalue weighted by atomic mass is 32.2. The molecule has 5 rings (SSSR count). The molecule has 0 amide bonds. The van der Waals surface area contributed by atoms with Gasteiger partial charge in [0, 0.05) is 34.4 Å². The lowest BCUT2D eigenvalue weighted by molar-refractivity contribution is -0.0504. The molecule has 0 saturated carbocycles. The molecule has 0 N–H and O–H groups in total. The molecule has 212 valence electrons. The van der Waals surface area contributed by atoms with E-state index in [4.69, 9.17) is 9.47 Å². The highest BCUT2D eigenvalue weighted by Crippen LogP contribution is 2.52. The first-order chi connectivity index (χ1) is 18.6. The quantitative estimate of drug-likeness (QED) is 0.210. The van der Waals surface area contributed by atoms with E-state index in [0.717, 1.165) is 24.3 Å². The third-order valence-electron chi connectivity index (χ3n) is 5.81. The molecule has 0 spiro atoms. The van der Waals surface area contributed by atoms with Gasteiger partial charge in [0.15, 0.2) is 6.10 Å². The van der Waals surface area contributed by atoms with Crippen LogP contribution in [-0.2, 0) is 20.2 Å². The molecule has 0 fully saturated rings. The SMILES string of the molecule is O=S(=O)(Oc1ccc2c(c1)OC(c1ccccc1)C1=C2COc2cc(OS(=O)(=O)C(F)(F)F)ccc21)C(F)(F)F. The van der Waals surface area contributed by atoms with Crippen LogP contribution in [0.1, 0.15) is 22.8 Å². The Morgan fingerprint density at radius 3 is 1.77 bits per heavy atom. The summed E-state index contributed by atoms with van der Waals surface area (Å²) in [6.07, 6.45) is -0.938. The van der Waals surface area contributed by atoms with Gasteiger partial charge in [0.25, 0.3) is 0 Å². The van der Waals surface area contributed by atoms with Crippen molar-refractivity contribution in [2.45, 2.75) is 17.1 Å². The Bertz CT molecular complexity index is 1730. The van der Waals surface area contributed by atoms with Gasteiger partial charge in [-0.3, -0.25) is 0 Å². The summed E-state index contributed by atoms with van der Waals surface area (Å²) in [7, 11) is -11.9. The molecular weight excluding hydrogens is 594 g/mol. The normalized spacial score (nSPS) is 17.1. The summed E-state index contributed by atoms with van der Waals surface area (Å²) in [5, 5.41) is 0. The Morgan fingerprint density at radius 2 is 1.23 bits per heavy atom. The average Bonchev–Trinajstić information content (AvgIpc) is 2.86. The van der Waals surface area contributed by atoms with Crippen LogP contribution in [0.5, 0.6) is 23.0 Å². The van der Waals surface area contributed by atoms with Crippen LogP contribution in [0.4, 0.5) is 26.3 Å². The molecule has 0 aliphatic carbocycles. The number of hydrogen-bond donors (Lipinski definition) is 0. The molecule has 0 saturated heterocycles. The molecule has 2 aliphatic heterocycles. The molecular formula is C24H14F6O8S2. The number of alkyl halides is 6. The van der Waals surface area contributed by atoms with Gasteiger partial charge >= 0.3 is 31.3 Å². The third kappa shape index (κ3) is 4.92. The highest BCUT2D eigenvalue weighted by Gasteiger charge is 2.49. The second-order valence-corrected chi connectivity index (χ2v) is 11.4. The minimum atomic E-state index is -5.95. The minimum Gasteiger partial charge on any atom is -0.488 e. The summed E-state index contributed by atoms with van der Waals surface area (Å²) in [6.45, 7) is -0.210. The van der Waals surface area contributed by atoms with Crippen molar-refractivity contribution in [1.29, 1.82) is 0 Å². The van der Waals surface area contributed by atoms with Crippen molar-refractivity contribution < 1.29 is 61.0 Å². The van der Waals surface area contributed by atoms with Crippen LogP contribution in [0.2, 0.25) is 0 Å². The Balaban J connectivity index is 1.60. The largest absolute Gasteiger partial charge is 0.534 e. The number of rotatable bonds is 5. The van der Waals surface area contributed by atoms with E-state index in [1.165, 1.54) is 12.1 Å². The van der Waals surface area contributed by atoms with E-state index in [0.29, 0.717) is 27.8 Å². The lowest BCUT2D eigenvalue weighted by Crippen LogP contribution is -2.28. The smallest absolute Gasteiger partial charge is 0.488 e. The van der Waals surface area contributed by atoms with Gasteiger partial charge in [-0.2, -0.15) is 43.2 Å². The first kappa shape index (κ1) is 27.6. The van der Waals surface area contributed by atoms with Gasteiger partial charge in [-0.25, -0.2) is 0 Å². The number of benzene rings is 3. The van der Waals surface area contributed by atoms with Crippen LogP contribution in [0.25, 0.3) is 11.1 Å². The molecule has 16 heteroatoms. The van der Waals surface area contributed by atoms with E-state index in [1.54, 1.807) is 30.3 Å². The summed E-state index contributed by atoms with van der Waals surface area (Å²) in [5.41, 5.74) is -9.16. The zero-order valence-corrected chi connectivity index (χ0v) is 21.1. The third-order valence-corrected chi connectivity index (χ3v) is 7.76. The molecule has 0 bridgehead atoms. The van der Waals surface area contributed by atoms with Crippen molar-refractivity contribution in [3.63, 3.8) is 0 Å². The monoisotopic (exact) mass is 608 g/mol. The van der Waals surface area contributed by atoms with Gasteiger partial charge in [0.2, 0.25) is 0 Å². The van der Waals surface area contributed by atoms with Gasteiger partial charge in [0.05, 0.1) is 0 Å². The molecule has 0 radical (unpaired) electrons. The van der Waals surface area contributed by atoms with Crippen molar-refractivity contribution in [3.8, 4) is 23.0 Å². The van der Waals surface area contributed by atoms with Crippen LogP contribution in [0.3, 0.4) is 0 Å². The fraction of sp³-hybridized carbons (Fsp3) is 0.167. The summed E-state index contributed by atoms with van der Waals surface area (Å²) >= 11 is 0. The van der Waals surface area contributed by atoms with Crippen LogP contribution in [-0.4, -0.2) is 34.5 Å². The van der Waals surface area contributed by atoms with E-state index < -0.39 is 48.9 Å².